The minimum Gasteiger partial charge on any atom is -0.480 e. The molecule has 4 rings (SSSR count). The van der Waals surface area contributed by atoms with Gasteiger partial charge in [0, 0.05) is 19.5 Å². The fourth-order valence-corrected chi connectivity index (χ4v) is 4.69. The SMILES string of the molecule is O=C(O)C1C2CCCC2CN1C(=O)CCn1c(=O)[nH]c(=O)c2ccccc21. The topological polar surface area (TPSA) is 112 Å². The molecule has 2 fully saturated rings. The van der Waals surface area contributed by atoms with Crippen LogP contribution in [0.2, 0.25) is 0 Å². The molecule has 3 atom stereocenters. The van der Waals surface area contributed by atoms with Crippen molar-refractivity contribution in [2.24, 2.45) is 11.8 Å². The number of aliphatic carboxylic acids is 1. The Morgan fingerprint density at radius 3 is 2.74 bits per heavy atom. The molecule has 27 heavy (non-hydrogen) atoms. The van der Waals surface area contributed by atoms with Crippen LogP contribution in [0.25, 0.3) is 10.9 Å². The number of para-hydroxylation sites is 1. The number of benzene rings is 1. The first kappa shape index (κ1) is 17.5. The molecule has 0 bridgehead atoms. The largest absolute Gasteiger partial charge is 0.480 e. The maximum atomic E-state index is 12.8. The number of aromatic amines is 1. The normalized spacial score (nSPS) is 24.3. The van der Waals surface area contributed by atoms with Crippen molar-refractivity contribution in [3.05, 3.63) is 45.1 Å². The zero-order valence-electron chi connectivity index (χ0n) is 14.8. The van der Waals surface area contributed by atoms with Crippen molar-refractivity contribution in [1.29, 1.82) is 0 Å². The Balaban J connectivity index is 1.57. The first-order chi connectivity index (χ1) is 13.0. The van der Waals surface area contributed by atoms with Crippen molar-refractivity contribution in [3.63, 3.8) is 0 Å². The first-order valence-electron chi connectivity index (χ1n) is 9.21. The highest BCUT2D eigenvalue weighted by Gasteiger charge is 2.49. The van der Waals surface area contributed by atoms with Crippen LogP contribution in [0.5, 0.6) is 0 Å². The van der Waals surface area contributed by atoms with Crippen LogP contribution in [0.15, 0.2) is 33.9 Å². The maximum absolute atomic E-state index is 12.8. The van der Waals surface area contributed by atoms with E-state index in [9.17, 15) is 24.3 Å². The monoisotopic (exact) mass is 371 g/mol. The Labute approximate surface area is 154 Å². The fraction of sp³-hybridized carbons (Fsp3) is 0.474. The van der Waals surface area contributed by atoms with E-state index >= 15 is 0 Å². The summed E-state index contributed by atoms with van der Waals surface area (Å²) in [4.78, 5) is 52.3. The molecule has 8 nitrogen and oxygen atoms in total. The number of amides is 1. The van der Waals surface area contributed by atoms with Gasteiger partial charge in [-0.15, -0.1) is 0 Å². The molecular formula is C19H21N3O5. The summed E-state index contributed by atoms with van der Waals surface area (Å²) in [5.74, 6) is -0.932. The third kappa shape index (κ3) is 2.94. The van der Waals surface area contributed by atoms with E-state index < -0.39 is 23.3 Å². The second-order valence-electron chi connectivity index (χ2n) is 7.36. The van der Waals surface area contributed by atoms with Crippen molar-refractivity contribution in [2.75, 3.05) is 6.54 Å². The number of carboxylic acid groups (broad SMARTS) is 1. The number of nitrogens with zero attached hydrogens (tertiary/aromatic N) is 2. The second kappa shape index (κ2) is 6.68. The van der Waals surface area contributed by atoms with E-state index in [1.54, 1.807) is 24.3 Å². The number of carboxylic acids is 1. The van der Waals surface area contributed by atoms with Crippen molar-refractivity contribution >= 4 is 22.8 Å². The summed E-state index contributed by atoms with van der Waals surface area (Å²) in [7, 11) is 0. The number of hydrogen-bond donors (Lipinski definition) is 2. The van der Waals surface area contributed by atoms with Gasteiger partial charge in [0.05, 0.1) is 10.9 Å². The van der Waals surface area contributed by atoms with E-state index in [1.807, 2.05) is 0 Å². The van der Waals surface area contributed by atoms with E-state index in [1.165, 1.54) is 9.47 Å². The zero-order valence-corrected chi connectivity index (χ0v) is 14.8. The van der Waals surface area contributed by atoms with Crippen LogP contribution in [0.4, 0.5) is 0 Å². The number of hydrogen-bond acceptors (Lipinski definition) is 4. The highest BCUT2D eigenvalue weighted by atomic mass is 16.4. The standard InChI is InChI=1S/C19H21N3O5/c23-15(22-10-11-4-3-6-12(11)16(22)18(25)26)8-9-21-14-7-2-1-5-13(14)17(24)20-19(21)27/h1-2,5,7,11-12,16H,3-4,6,8-10H2,(H,25,26)(H,20,24,27). The number of nitrogens with one attached hydrogen (secondary N) is 1. The van der Waals surface area contributed by atoms with Crippen molar-refractivity contribution < 1.29 is 14.7 Å². The van der Waals surface area contributed by atoms with E-state index in [0.717, 1.165) is 19.3 Å². The van der Waals surface area contributed by atoms with Gasteiger partial charge in [0.15, 0.2) is 0 Å². The highest BCUT2D eigenvalue weighted by Crippen LogP contribution is 2.42. The van der Waals surface area contributed by atoms with Crippen LogP contribution in [0.1, 0.15) is 25.7 Å². The van der Waals surface area contributed by atoms with Crippen LogP contribution >= 0.6 is 0 Å². The third-order valence-electron chi connectivity index (χ3n) is 5.92. The molecule has 2 N–H and O–H groups in total. The number of carbonyl (C=O) groups excluding carboxylic acids is 1. The summed E-state index contributed by atoms with van der Waals surface area (Å²) in [6.07, 6.45) is 2.83. The van der Waals surface area contributed by atoms with Gasteiger partial charge in [0.2, 0.25) is 5.91 Å². The summed E-state index contributed by atoms with van der Waals surface area (Å²) in [5, 5.41) is 9.97. The van der Waals surface area contributed by atoms with Gasteiger partial charge < -0.3 is 10.0 Å². The van der Waals surface area contributed by atoms with Gasteiger partial charge in [-0.3, -0.25) is 19.1 Å². The molecular weight excluding hydrogens is 350 g/mol. The molecule has 1 aromatic carbocycles. The third-order valence-corrected chi connectivity index (χ3v) is 5.92. The second-order valence-corrected chi connectivity index (χ2v) is 7.36. The van der Waals surface area contributed by atoms with Crippen LogP contribution in [-0.4, -0.2) is 44.0 Å². The van der Waals surface area contributed by atoms with Gasteiger partial charge >= 0.3 is 11.7 Å². The highest BCUT2D eigenvalue weighted by molar-refractivity contribution is 5.85. The zero-order chi connectivity index (χ0) is 19.1. The maximum Gasteiger partial charge on any atom is 0.328 e. The fourth-order valence-electron chi connectivity index (χ4n) is 4.69. The number of aryl methyl sites for hydroxylation is 1. The predicted molar refractivity (Wildman–Crippen MR) is 97.4 cm³/mol. The summed E-state index contributed by atoms with van der Waals surface area (Å²) in [5.41, 5.74) is -0.566. The van der Waals surface area contributed by atoms with Crippen LogP contribution < -0.4 is 11.2 Å². The molecule has 1 aromatic heterocycles. The van der Waals surface area contributed by atoms with Crippen molar-refractivity contribution in [2.45, 2.75) is 38.3 Å². The molecule has 1 saturated carbocycles. The Hall–Kier alpha value is -2.90. The molecule has 2 aliphatic rings. The minimum absolute atomic E-state index is 0.0131. The summed E-state index contributed by atoms with van der Waals surface area (Å²) in [6.45, 7) is 0.564. The molecule has 0 radical (unpaired) electrons. The van der Waals surface area contributed by atoms with E-state index in [-0.39, 0.29) is 30.7 Å². The average Bonchev–Trinajstić information content (AvgIpc) is 3.22. The lowest BCUT2D eigenvalue weighted by molar-refractivity contribution is -0.149. The Kier molecular flexibility index (Phi) is 4.33. The van der Waals surface area contributed by atoms with Crippen molar-refractivity contribution in [1.82, 2.24) is 14.5 Å². The molecule has 1 saturated heterocycles. The van der Waals surface area contributed by atoms with Gasteiger partial charge in [-0.1, -0.05) is 18.6 Å². The van der Waals surface area contributed by atoms with E-state index in [2.05, 4.69) is 4.98 Å². The van der Waals surface area contributed by atoms with Crippen molar-refractivity contribution in [3.8, 4) is 0 Å². The number of H-pyrrole nitrogens is 1. The summed E-state index contributed by atoms with van der Waals surface area (Å²) in [6, 6.07) is 5.94. The summed E-state index contributed by atoms with van der Waals surface area (Å²) < 4.78 is 1.36. The molecule has 8 heteroatoms. The van der Waals surface area contributed by atoms with Crippen LogP contribution in [0.3, 0.4) is 0 Å². The van der Waals surface area contributed by atoms with Crippen LogP contribution in [0, 0.1) is 11.8 Å². The number of likely N-dealkylation sites (tertiary alicyclic amines) is 1. The molecule has 3 unspecified atom stereocenters. The molecule has 1 amide bonds. The molecule has 0 spiro atoms. The molecule has 1 aliphatic carbocycles. The van der Waals surface area contributed by atoms with Gasteiger partial charge in [0.1, 0.15) is 6.04 Å². The lowest BCUT2D eigenvalue weighted by atomic mass is 9.94. The quantitative estimate of drug-likeness (QED) is 0.825. The number of carbonyl (C=O) groups is 2. The Morgan fingerprint density at radius 2 is 1.96 bits per heavy atom. The Morgan fingerprint density at radius 1 is 1.19 bits per heavy atom. The first-order valence-corrected chi connectivity index (χ1v) is 9.21. The van der Waals surface area contributed by atoms with Gasteiger partial charge in [-0.05, 0) is 36.8 Å². The van der Waals surface area contributed by atoms with E-state index in [4.69, 9.17) is 0 Å². The number of aromatic nitrogens is 2. The summed E-state index contributed by atoms with van der Waals surface area (Å²) >= 11 is 0. The van der Waals surface area contributed by atoms with Gasteiger partial charge in [-0.2, -0.15) is 0 Å². The lowest BCUT2D eigenvalue weighted by Gasteiger charge is -2.24. The lowest BCUT2D eigenvalue weighted by Crippen LogP contribution is -2.43. The number of rotatable bonds is 4. The minimum atomic E-state index is -0.954. The average molecular weight is 371 g/mol. The predicted octanol–water partition coefficient (Wildman–Crippen LogP) is 0.792. The van der Waals surface area contributed by atoms with Crippen LogP contribution in [-0.2, 0) is 16.1 Å². The molecule has 2 aromatic rings. The Bertz CT molecular complexity index is 1020. The van der Waals surface area contributed by atoms with Gasteiger partial charge in [-0.25, -0.2) is 9.59 Å². The number of fused-ring (bicyclic) bond motifs is 2. The molecule has 2 heterocycles. The van der Waals surface area contributed by atoms with E-state index in [0.29, 0.717) is 17.4 Å². The molecule has 1 aliphatic heterocycles. The smallest absolute Gasteiger partial charge is 0.328 e. The van der Waals surface area contributed by atoms with Gasteiger partial charge in [0.25, 0.3) is 5.56 Å². The molecule has 142 valence electrons.